The molecule has 0 fully saturated rings. The number of halogens is 2. The molecule has 0 aromatic heterocycles. The van der Waals surface area contributed by atoms with E-state index in [1.165, 1.54) is 7.11 Å². The Morgan fingerprint density at radius 1 is 1.39 bits per heavy atom. The van der Waals surface area contributed by atoms with Crippen molar-refractivity contribution < 1.29 is 9.53 Å². The maximum atomic E-state index is 11.1. The van der Waals surface area contributed by atoms with Gasteiger partial charge < -0.3 is 10.1 Å². The van der Waals surface area contributed by atoms with Crippen molar-refractivity contribution in [2.75, 3.05) is 26.0 Å². The van der Waals surface area contributed by atoms with Gasteiger partial charge in [-0.2, -0.15) is 11.8 Å². The number of benzene rings is 1. The molecule has 6 heteroatoms. The average Bonchev–Trinajstić information content (AvgIpc) is 2.32. The molecule has 0 radical (unpaired) electrons. The summed E-state index contributed by atoms with van der Waals surface area (Å²) in [5.74, 6) is 1.43. The Morgan fingerprint density at radius 2 is 2.06 bits per heavy atom. The van der Waals surface area contributed by atoms with Crippen LogP contribution in [0, 0.1) is 0 Å². The van der Waals surface area contributed by atoms with E-state index in [4.69, 9.17) is 27.9 Å². The second-order valence-corrected chi connectivity index (χ2v) is 5.46. The molecule has 3 nitrogen and oxygen atoms in total. The van der Waals surface area contributed by atoms with Crippen LogP contribution in [0.15, 0.2) is 18.2 Å². The van der Waals surface area contributed by atoms with E-state index in [-0.39, 0.29) is 12.5 Å². The van der Waals surface area contributed by atoms with Crippen LogP contribution >= 0.6 is 35.0 Å². The molecule has 0 saturated heterocycles. The number of nitrogens with one attached hydrogen (secondary N) is 1. The lowest BCUT2D eigenvalue weighted by Gasteiger charge is -2.07. The van der Waals surface area contributed by atoms with E-state index in [1.807, 2.05) is 18.2 Å². The summed E-state index contributed by atoms with van der Waals surface area (Å²) in [6.07, 6.45) is 0. The summed E-state index contributed by atoms with van der Waals surface area (Å²) in [4.78, 5) is 11.1. The number of rotatable bonds is 7. The molecule has 1 amide bonds. The Labute approximate surface area is 121 Å². The van der Waals surface area contributed by atoms with Gasteiger partial charge in [-0.1, -0.05) is 29.3 Å². The van der Waals surface area contributed by atoms with E-state index < -0.39 is 0 Å². The SMILES string of the molecule is COCC(=O)NCCSCc1c(Cl)cccc1Cl. The average molecular weight is 308 g/mol. The van der Waals surface area contributed by atoms with Gasteiger partial charge in [0.25, 0.3) is 0 Å². The van der Waals surface area contributed by atoms with Crippen LogP contribution in [0.25, 0.3) is 0 Å². The molecule has 0 spiro atoms. The highest BCUT2D eigenvalue weighted by atomic mass is 35.5. The molecule has 0 aliphatic carbocycles. The number of carbonyl (C=O) groups is 1. The number of methoxy groups -OCH3 is 1. The molecule has 1 aromatic carbocycles. The van der Waals surface area contributed by atoms with Crippen LogP contribution in [0.3, 0.4) is 0 Å². The minimum Gasteiger partial charge on any atom is -0.375 e. The highest BCUT2D eigenvalue weighted by Gasteiger charge is 2.05. The third-order valence-electron chi connectivity index (χ3n) is 2.15. The fraction of sp³-hybridized carbons (Fsp3) is 0.417. The van der Waals surface area contributed by atoms with Gasteiger partial charge in [0.1, 0.15) is 6.61 Å². The van der Waals surface area contributed by atoms with Gasteiger partial charge in [-0.15, -0.1) is 0 Å². The third kappa shape index (κ3) is 5.48. The molecular weight excluding hydrogens is 293 g/mol. The Hall–Kier alpha value is -0.420. The second-order valence-electron chi connectivity index (χ2n) is 3.54. The quantitative estimate of drug-likeness (QED) is 0.787. The molecular formula is C12H15Cl2NO2S. The van der Waals surface area contributed by atoms with Gasteiger partial charge in [0.05, 0.1) is 0 Å². The Balaban J connectivity index is 2.24. The Bertz CT molecular complexity index is 381. The van der Waals surface area contributed by atoms with Gasteiger partial charge in [0, 0.05) is 35.2 Å². The molecule has 0 heterocycles. The zero-order valence-electron chi connectivity index (χ0n) is 10.0. The van der Waals surface area contributed by atoms with Crippen LogP contribution in [0.1, 0.15) is 5.56 Å². The van der Waals surface area contributed by atoms with Gasteiger partial charge in [-0.25, -0.2) is 0 Å². The summed E-state index contributed by atoms with van der Waals surface area (Å²) in [5, 5.41) is 4.11. The van der Waals surface area contributed by atoms with E-state index in [0.717, 1.165) is 17.1 Å². The zero-order valence-corrected chi connectivity index (χ0v) is 12.4. The van der Waals surface area contributed by atoms with Crippen molar-refractivity contribution in [3.63, 3.8) is 0 Å². The molecule has 1 rings (SSSR count). The van der Waals surface area contributed by atoms with Crippen molar-refractivity contribution in [2.45, 2.75) is 5.75 Å². The van der Waals surface area contributed by atoms with Gasteiger partial charge in [0.2, 0.25) is 5.91 Å². The highest BCUT2D eigenvalue weighted by Crippen LogP contribution is 2.27. The summed E-state index contributed by atoms with van der Waals surface area (Å²) >= 11 is 13.8. The minimum absolute atomic E-state index is 0.0982. The van der Waals surface area contributed by atoms with Gasteiger partial charge in [0.15, 0.2) is 0 Å². The van der Waals surface area contributed by atoms with Crippen LogP contribution in [-0.4, -0.2) is 31.9 Å². The van der Waals surface area contributed by atoms with Gasteiger partial charge in [-0.3, -0.25) is 4.79 Å². The largest absolute Gasteiger partial charge is 0.375 e. The molecule has 0 bridgehead atoms. The fourth-order valence-electron chi connectivity index (χ4n) is 1.29. The lowest BCUT2D eigenvalue weighted by molar-refractivity contribution is -0.124. The first-order chi connectivity index (χ1) is 8.65. The fourth-order valence-corrected chi connectivity index (χ4v) is 2.88. The van der Waals surface area contributed by atoms with Crippen LogP contribution in [0.4, 0.5) is 0 Å². The number of ether oxygens (including phenoxy) is 1. The number of hydrogen-bond acceptors (Lipinski definition) is 3. The predicted molar refractivity (Wildman–Crippen MR) is 77.5 cm³/mol. The van der Waals surface area contributed by atoms with E-state index in [2.05, 4.69) is 5.32 Å². The minimum atomic E-state index is -0.103. The van der Waals surface area contributed by atoms with E-state index in [1.54, 1.807) is 11.8 Å². The van der Waals surface area contributed by atoms with Crippen molar-refractivity contribution in [3.8, 4) is 0 Å². The summed E-state index contributed by atoms with van der Waals surface area (Å²) in [7, 11) is 1.49. The first-order valence-electron chi connectivity index (χ1n) is 5.41. The van der Waals surface area contributed by atoms with Crippen LogP contribution in [-0.2, 0) is 15.3 Å². The first kappa shape index (κ1) is 15.6. The standard InChI is InChI=1S/C12H15Cl2NO2S/c1-17-7-12(16)15-5-6-18-8-9-10(13)3-2-4-11(9)14/h2-4H,5-8H2,1H3,(H,15,16). The maximum absolute atomic E-state index is 11.1. The Kier molecular flexibility index (Phi) is 7.51. The number of thioether (sulfide) groups is 1. The van der Waals surface area contributed by atoms with Crippen LogP contribution < -0.4 is 5.32 Å². The summed E-state index contributed by atoms with van der Waals surface area (Å²) in [6, 6.07) is 5.47. The van der Waals surface area contributed by atoms with Gasteiger partial charge >= 0.3 is 0 Å². The molecule has 100 valence electrons. The highest BCUT2D eigenvalue weighted by molar-refractivity contribution is 7.98. The normalized spacial score (nSPS) is 10.4. The van der Waals surface area contributed by atoms with Crippen molar-refractivity contribution >= 4 is 40.9 Å². The lowest BCUT2D eigenvalue weighted by atomic mass is 10.2. The summed E-state index contributed by atoms with van der Waals surface area (Å²) < 4.78 is 4.71. The molecule has 0 aliphatic rings. The number of carbonyl (C=O) groups excluding carboxylic acids is 1. The zero-order chi connectivity index (χ0) is 13.4. The topological polar surface area (TPSA) is 38.3 Å². The van der Waals surface area contributed by atoms with Crippen LogP contribution in [0.2, 0.25) is 10.0 Å². The van der Waals surface area contributed by atoms with Crippen molar-refractivity contribution in [3.05, 3.63) is 33.8 Å². The van der Waals surface area contributed by atoms with E-state index >= 15 is 0 Å². The molecule has 0 unspecified atom stereocenters. The third-order valence-corrected chi connectivity index (χ3v) is 3.85. The number of amides is 1. The molecule has 1 aromatic rings. The molecule has 1 N–H and O–H groups in total. The first-order valence-corrected chi connectivity index (χ1v) is 7.32. The summed E-state index contributed by atoms with van der Waals surface area (Å²) in [6.45, 7) is 0.704. The number of hydrogen-bond donors (Lipinski definition) is 1. The van der Waals surface area contributed by atoms with Crippen molar-refractivity contribution in [1.82, 2.24) is 5.32 Å². The molecule has 0 atom stereocenters. The second kappa shape index (κ2) is 8.64. The predicted octanol–water partition coefficient (Wildman–Crippen LogP) is 2.99. The molecule has 18 heavy (non-hydrogen) atoms. The molecule has 0 saturated carbocycles. The lowest BCUT2D eigenvalue weighted by Crippen LogP contribution is -2.29. The van der Waals surface area contributed by atoms with Crippen LogP contribution in [0.5, 0.6) is 0 Å². The smallest absolute Gasteiger partial charge is 0.246 e. The van der Waals surface area contributed by atoms with Gasteiger partial charge in [-0.05, 0) is 17.7 Å². The molecule has 0 aliphatic heterocycles. The Morgan fingerprint density at radius 3 is 2.67 bits per heavy atom. The maximum Gasteiger partial charge on any atom is 0.246 e. The van der Waals surface area contributed by atoms with E-state index in [9.17, 15) is 4.79 Å². The van der Waals surface area contributed by atoms with E-state index in [0.29, 0.717) is 16.6 Å². The van der Waals surface area contributed by atoms with Crippen molar-refractivity contribution in [1.29, 1.82) is 0 Å². The van der Waals surface area contributed by atoms with Crippen molar-refractivity contribution in [2.24, 2.45) is 0 Å². The summed E-state index contributed by atoms with van der Waals surface area (Å²) in [5.41, 5.74) is 0.939. The monoisotopic (exact) mass is 307 g/mol.